The van der Waals surface area contributed by atoms with Crippen LogP contribution in [0.1, 0.15) is 72.0 Å². The number of aliphatic hydroxyl groups excluding tert-OH is 1. The molecule has 52 heavy (non-hydrogen) atoms. The molecule has 1 atom stereocenters. The molecule has 2 aliphatic carbocycles. The largest absolute Gasteiger partial charge is 0.503 e. The van der Waals surface area contributed by atoms with Crippen molar-refractivity contribution in [1.82, 2.24) is 19.9 Å². The third kappa shape index (κ3) is 7.77. The van der Waals surface area contributed by atoms with E-state index in [0.29, 0.717) is 29.4 Å². The SMILES string of the molecule is C.C.Cc1ccc(-c2ncnc(Nc3ccc4c(c3)CCC4=O)c2O)cc1.Cc1ccc(-c2ncnc(Nc3ccc4c(c3)CCC4O)c2O)cc1. The Bertz CT molecular complexity index is 2200. The van der Waals surface area contributed by atoms with Gasteiger partial charge in [-0.3, -0.25) is 4.79 Å². The molecule has 10 heteroatoms. The lowest BCUT2D eigenvalue weighted by Gasteiger charge is -2.12. The van der Waals surface area contributed by atoms with Gasteiger partial charge in [0.25, 0.3) is 0 Å². The summed E-state index contributed by atoms with van der Waals surface area (Å²) >= 11 is 0. The number of aromatic hydroxyl groups is 2. The van der Waals surface area contributed by atoms with Crippen LogP contribution in [0.25, 0.3) is 22.5 Å². The molecule has 5 N–H and O–H groups in total. The molecule has 0 aliphatic heterocycles. The molecule has 6 aromatic rings. The Labute approximate surface area is 304 Å². The third-order valence-electron chi connectivity index (χ3n) is 9.04. The summed E-state index contributed by atoms with van der Waals surface area (Å²) in [6.07, 6.45) is 5.43. The highest BCUT2D eigenvalue weighted by Gasteiger charge is 2.22. The van der Waals surface area contributed by atoms with Gasteiger partial charge in [-0.25, -0.2) is 19.9 Å². The number of hydrogen-bond acceptors (Lipinski definition) is 10. The predicted octanol–water partition coefficient (Wildman–Crippen LogP) is 9.18. The predicted molar refractivity (Wildman–Crippen MR) is 207 cm³/mol. The zero-order valence-corrected chi connectivity index (χ0v) is 27.7. The molecule has 0 bridgehead atoms. The molecule has 1 unspecified atom stereocenters. The topological polar surface area (TPSA) is 153 Å². The monoisotopic (exact) mass is 696 g/mol. The Morgan fingerprint density at radius 3 is 1.65 bits per heavy atom. The van der Waals surface area contributed by atoms with Gasteiger partial charge < -0.3 is 26.0 Å². The van der Waals surface area contributed by atoms with Gasteiger partial charge in [-0.1, -0.05) is 80.6 Å². The van der Waals surface area contributed by atoms with Crippen LogP contribution in [0.15, 0.2) is 97.6 Å². The maximum absolute atomic E-state index is 11.7. The smallest absolute Gasteiger partial charge is 0.185 e. The highest BCUT2D eigenvalue weighted by Crippen LogP contribution is 2.37. The molecule has 0 saturated carbocycles. The number of aryl methyl sites for hydroxylation is 4. The number of aromatic nitrogens is 4. The fourth-order valence-electron chi connectivity index (χ4n) is 6.27. The van der Waals surface area contributed by atoms with Gasteiger partial charge in [0.2, 0.25) is 0 Å². The number of rotatable bonds is 6. The number of aliphatic hydroxyl groups is 1. The van der Waals surface area contributed by atoms with Crippen LogP contribution < -0.4 is 10.6 Å². The summed E-state index contributed by atoms with van der Waals surface area (Å²) in [4.78, 5) is 28.5. The van der Waals surface area contributed by atoms with Gasteiger partial charge in [-0.15, -0.1) is 0 Å². The minimum Gasteiger partial charge on any atom is -0.503 e. The summed E-state index contributed by atoms with van der Waals surface area (Å²) in [5, 5.41) is 37.3. The van der Waals surface area contributed by atoms with E-state index in [1.165, 1.54) is 12.7 Å². The second-order valence-corrected chi connectivity index (χ2v) is 12.6. The van der Waals surface area contributed by atoms with Crippen LogP contribution in [0, 0.1) is 13.8 Å². The van der Waals surface area contributed by atoms with Crippen LogP contribution in [0.5, 0.6) is 11.5 Å². The highest BCUT2D eigenvalue weighted by atomic mass is 16.3. The number of fused-ring (bicyclic) bond motifs is 2. The molecule has 2 aliphatic rings. The van der Waals surface area contributed by atoms with Gasteiger partial charge in [0.15, 0.2) is 28.9 Å². The molecule has 0 radical (unpaired) electrons. The summed E-state index contributed by atoms with van der Waals surface area (Å²) < 4.78 is 0. The Kier molecular flexibility index (Phi) is 11.3. The van der Waals surface area contributed by atoms with Gasteiger partial charge in [0.05, 0.1) is 6.10 Å². The van der Waals surface area contributed by atoms with Gasteiger partial charge in [-0.05, 0) is 80.1 Å². The fourth-order valence-corrected chi connectivity index (χ4v) is 6.27. The summed E-state index contributed by atoms with van der Waals surface area (Å²) in [6.45, 7) is 4.02. The van der Waals surface area contributed by atoms with Crippen molar-refractivity contribution in [3.8, 4) is 34.0 Å². The Balaban J connectivity index is 0.000000194. The second kappa shape index (κ2) is 15.8. The van der Waals surface area contributed by atoms with E-state index in [9.17, 15) is 20.1 Å². The normalized spacial score (nSPS) is 13.8. The van der Waals surface area contributed by atoms with Gasteiger partial charge >= 0.3 is 0 Å². The molecule has 0 saturated heterocycles. The quantitative estimate of drug-likeness (QED) is 0.114. The molecule has 0 amide bonds. The molecule has 2 aromatic heterocycles. The van der Waals surface area contributed by atoms with Crippen molar-refractivity contribution >= 4 is 28.8 Å². The molecule has 2 heterocycles. The number of hydrogen-bond donors (Lipinski definition) is 5. The maximum atomic E-state index is 11.7. The molecule has 10 nitrogen and oxygen atoms in total. The van der Waals surface area contributed by atoms with Crippen LogP contribution in [0.4, 0.5) is 23.0 Å². The summed E-state index contributed by atoms with van der Waals surface area (Å²) in [6, 6.07) is 27.0. The first-order valence-corrected chi connectivity index (χ1v) is 16.5. The molecular weight excluding hydrogens is 653 g/mol. The lowest BCUT2D eigenvalue weighted by atomic mass is 10.1. The summed E-state index contributed by atoms with van der Waals surface area (Å²) in [5.41, 5.74) is 10.5. The first kappa shape index (κ1) is 37.1. The zero-order valence-electron chi connectivity index (χ0n) is 27.7. The minimum absolute atomic E-state index is 0. The first-order valence-electron chi connectivity index (χ1n) is 16.5. The number of Topliss-reactive ketones (excluding diaryl/α,β-unsaturated/α-hetero) is 1. The number of nitrogens with zero attached hydrogens (tertiary/aromatic N) is 4. The van der Waals surface area contributed by atoms with E-state index < -0.39 is 0 Å². The number of benzene rings is 4. The van der Waals surface area contributed by atoms with Crippen molar-refractivity contribution in [3.05, 3.63) is 131 Å². The lowest BCUT2D eigenvalue weighted by molar-refractivity contribution is 0.0994. The van der Waals surface area contributed by atoms with E-state index in [4.69, 9.17) is 0 Å². The average Bonchev–Trinajstić information content (AvgIpc) is 3.68. The number of carbonyl (C=O) groups is 1. The zero-order chi connectivity index (χ0) is 34.8. The van der Waals surface area contributed by atoms with E-state index in [1.807, 2.05) is 98.8 Å². The third-order valence-corrected chi connectivity index (χ3v) is 9.04. The molecule has 4 aromatic carbocycles. The van der Waals surface area contributed by atoms with Crippen LogP contribution in [0.3, 0.4) is 0 Å². The number of nitrogens with one attached hydrogen (secondary N) is 2. The highest BCUT2D eigenvalue weighted by molar-refractivity contribution is 6.00. The number of ketones is 1. The van der Waals surface area contributed by atoms with Gasteiger partial charge in [-0.2, -0.15) is 0 Å². The molecule has 8 rings (SSSR count). The summed E-state index contributed by atoms with van der Waals surface area (Å²) in [5.74, 6) is 0.918. The Morgan fingerprint density at radius 1 is 0.615 bits per heavy atom. The first-order chi connectivity index (χ1) is 24.2. The minimum atomic E-state index is -0.371. The van der Waals surface area contributed by atoms with Crippen molar-refractivity contribution in [2.45, 2.75) is 60.5 Å². The number of carbonyl (C=O) groups excluding carboxylic acids is 1. The maximum Gasteiger partial charge on any atom is 0.185 e. The Morgan fingerprint density at radius 2 is 1.12 bits per heavy atom. The second-order valence-electron chi connectivity index (χ2n) is 12.6. The summed E-state index contributed by atoms with van der Waals surface area (Å²) in [7, 11) is 0. The average molecular weight is 697 g/mol. The molecule has 266 valence electrons. The van der Waals surface area contributed by atoms with Crippen LogP contribution in [0.2, 0.25) is 0 Å². The fraction of sp³-hybridized carbons (Fsp3) is 0.214. The van der Waals surface area contributed by atoms with Crippen molar-refractivity contribution in [3.63, 3.8) is 0 Å². The Hall–Kier alpha value is -6.13. The van der Waals surface area contributed by atoms with Crippen molar-refractivity contribution in [1.29, 1.82) is 0 Å². The van der Waals surface area contributed by atoms with Crippen LogP contribution >= 0.6 is 0 Å². The molecule has 0 spiro atoms. The van der Waals surface area contributed by atoms with E-state index in [1.54, 1.807) is 0 Å². The van der Waals surface area contributed by atoms with Crippen molar-refractivity contribution in [2.24, 2.45) is 0 Å². The van der Waals surface area contributed by atoms with Crippen LogP contribution in [-0.4, -0.2) is 41.0 Å². The molecular formula is C42H44N6O4. The lowest BCUT2D eigenvalue weighted by Crippen LogP contribution is -1.98. The van der Waals surface area contributed by atoms with Crippen LogP contribution in [-0.2, 0) is 12.8 Å². The van der Waals surface area contributed by atoms with E-state index in [-0.39, 0.29) is 38.2 Å². The van der Waals surface area contributed by atoms with Crippen molar-refractivity contribution in [2.75, 3.05) is 10.6 Å². The van der Waals surface area contributed by atoms with E-state index in [0.717, 1.165) is 75.1 Å². The van der Waals surface area contributed by atoms with Crippen molar-refractivity contribution < 1.29 is 20.1 Å². The molecule has 0 fully saturated rings. The van der Waals surface area contributed by atoms with Gasteiger partial charge in [0.1, 0.15) is 24.0 Å². The van der Waals surface area contributed by atoms with E-state index in [2.05, 4.69) is 30.6 Å². The standard InChI is InChI=1S/C20H19N3O2.C20H17N3O2.2CH4/c2*1-12-2-4-13(5-3-12)18-19(25)20(22-11-21-18)23-15-7-8-16-14(10-15)6-9-17(16)24;;/h2-5,7-8,10-11,17,24-25H,6,9H2,1H3,(H,21,22,23);2-5,7-8,10-11,25H,6,9H2,1H3,(H,21,22,23);2*1H4. The van der Waals surface area contributed by atoms with E-state index >= 15 is 0 Å². The number of anilines is 4. The van der Waals surface area contributed by atoms with Gasteiger partial charge in [0, 0.05) is 34.5 Å².